The molecule has 0 bridgehead atoms. The molecule has 0 amide bonds. The highest BCUT2D eigenvalue weighted by Gasteiger charge is 2.05. The van der Waals surface area contributed by atoms with Crippen molar-refractivity contribution in [3.8, 4) is 6.07 Å². The van der Waals surface area contributed by atoms with Crippen LogP contribution in [0, 0.1) is 11.3 Å². The second kappa shape index (κ2) is 6.14. The second-order valence-electron chi connectivity index (χ2n) is 2.53. The molecule has 0 rings (SSSR count). The topological polar surface area (TPSA) is 36.3 Å². The Morgan fingerprint density at radius 1 is 1.64 bits per heavy atom. The van der Waals surface area contributed by atoms with Gasteiger partial charge in [0, 0.05) is 13.7 Å². The summed E-state index contributed by atoms with van der Waals surface area (Å²) in [5.74, 6) is 0. The molecule has 0 aromatic heterocycles. The number of nitriles is 1. The lowest BCUT2D eigenvalue weighted by Gasteiger charge is -2.20. The molecule has 0 aromatic rings. The van der Waals surface area contributed by atoms with Crippen molar-refractivity contribution < 1.29 is 4.74 Å². The SMILES string of the molecule is CCN(CC#N)CC(C)OC. The molecule has 0 N–H and O–H groups in total. The molecule has 0 fully saturated rings. The molecule has 0 aliphatic rings. The third-order valence-electron chi connectivity index (χ3n) is 1.66. The maximum Gasteiger partial charge on any atom is 0.0866 e. The van der Waals surface area contributed by atoms with E-state index >= 15 is 0 Å². The Bertz CT molecular complexity index is 131. The van der Waals surface area contributed by atoms with Gasteiger partial charge in [0.05, 0.1) is 18.7 Å². The fourth-order valence-corrected chi connectivity index (χ4v) is 0.844. The summed E-state index contributed by atoms with van der Waals surface area (Å²) in [5.41, 5.74) is 0. The second-order valence-corrected chi connectivity index (χ2v) is 2.53. The number of rotatable bonds is 5. The summed E-state index contributed by atoms with van der Waals surface area (Å²) in [5, 5.41) is 8.42. The Morgan fingerprint density at radius 2 is 2.27 bits per heavy atom. The van der Waals surface area contributed by atoms with Crippen molar-refractivity contribution in [1.29, 1.82) is 5.26 Å². The van der Waals surface area contributed by atoms with E-state index < -0.39 is 0 Å². The van der Waals surface area contributed by atoms with E-state index in [4.69, 9.17) is 10.00 Å². The molecule has 0 saturated carbocycles. The van der Waals surface area contributed by atoms with Gasteiger partial charge in [-0.15, -0.1) is 0 Å². The maximum atomic E-state index is 8.42. The molecular formula is C8H16N2O. The minimum Gasteiger partial charge on any atom is -0.380 e. The first-order valence-electron chi connectivity index (χ1n) is 3.86. The number of methoxy groups -OCH3 is 1. The predicted octanol–water partition coefficient (Wildman–Crippen LogP) is 0.867. The van der Waals surface area contributed by atoms with E-state index in [9.17, 15) is 0 Å². The van der Waals surface area contributed by atoms with Crippen LogP contribution in [-0.2, 0) is 4.74 Å². The number of hydrogen-bond acceptors (Lipinski definition) is 3. The highest BCUT2D eigenvalue weighted by Crippen LogP contribution is 1.93. The van der Waals surface area contributed by atoms with Crippen LogP contribution < -0.4 is 0 Å². The average molecular weight is 156 g/mol. The summed E-state index contributed by atoms with van der Waals surface area (Å²) in [7, 11) is 1.69. The van der Waals surface area contributed by atoms with Gasteiger partial charge in [-0.25, -0.2) is 0 Å². The zero-order chi connectivity index (χ0) is 8.69. The van der Waals surface area contributed by atoms with Crippen LogP contribution in [0.5, 0.6) is 0 Å². The summed E-state index contributed by atoms with van der Waals surface area (Å²) in [4.78, 5) is 2.05. The van der Waals surface area contributed by atoms with Crippen LogP contribution >= 0.6 is 0 Å². The van der Waals surface area contributed by atoms with E-state index in [2.05, 4.69) is 6.07 Å². The molecule has 0 saturated heterocycles. The van der Waals surface area contributed by atoms with Gasteiger partial charge >= 0.3 is 0 Å². The van der Waals surface area contributed by atoms with Gasteiger partial charge in [-0.3, -0.25) is 4.90 Å². The van der Waals surface area contributed by atoms with Gasteiger partial charge in [0.15, 0.2) is 0 Å². The van der Waals surface area contributed by atoms with E-state index in [-0.39, 0.29) is 6.10 Å². The average Bonchev–Trinajstić information content (AvgIpc) is 2.03. The van der Waals surface area contributed by atoms with Crippen molar-refractivity contribution in [1.82, 2.24) is 4.90 Å². The van der Waals surface area contributed by atoms with Crippen LogP contribution in [0.2, 0.25) is 0 Å². The largest absolute Gasteiger partial charge is 0.380 e. The van der Waals surface area contributed by atoms with Crippen molar-refractivity contribution in [2.24, 2.45) is 0 Å². The van der Waals surface area contributed by atoms with E-state index in [1.807, 2.05) is 18.7 Å². The standard InChI is InChI=1S/C8H16N2O/c1-4-10(6-5-9)7-8(2)11-3/h8H,4,6-7H2,1-3H3. The third-order valence-corrected chi connectivity index (χ3v) is 1.66. The van der Waals surface area contributed by atoms with Gasteiger partial charge in [-0.1, -0.05) is 6.92 Å². The van der Waals surface area contributed by atoms with Crippen LogP contribution in [0.1, 0.15) is 13.8 Å². The molecule has 0 aliphatic heterocycles. The highest BCUT2D eigenvalue weighted by atomic mass is 16.5. The van der Waals surface area contributed by atoms with Crippen LogP contribution in [0.4, 0.5) is 0 Å². The minimum absolute atomic E-state index is 0.211. The number of likely N-dealkylation sites (N-methyl/N-ethyl adjacent to an activating group) is 1. The predicted molar refractivity (Wildman–Crippen MR) is 44.2 cm³/mol. The molecule has 0 aromatic carbocycles. The lowest BCUT2D eigenvalue weighted by atomic mass is 10.3. The molecule has 3 nitrogen and oxygen atoms in total. The van der Waals surface area contributed by atoms with Gasteiger partial charge in [0.25, 0.3) is 0 Å². The Kier molecular flexibility index (Phi) is 5.81. The Hall–Kier alpha value is -0.590. The maximum absolute atomic E-state index is 8.42. The summed E-state index contributed by atoms with van der Waals surface area (Å²) in [6.45, 7) is 6.27. The molecule has 64 valence electrons. The van der Waals surface area contributed by atoms with Crippen molar-refractivity contribution in [3.63, 3.8) is 0 Å². The van der Waals surface area contributed by atoms with Gasteiger partial charge in [0.1, 0.15) is 0 Å². The summed E-state index contributed by atoms with van der Waals surface area (Å²) in [6, 6.07) is 2.12. The fourth-order valence-electron chi connectivity index (χ4n) is 0.844. The molecular weight excluding hydrogens is 140 g/mol. The Balaban J connectivity index is 3.60. The summed E-state index contributed by atoms with van der Waals surface area (Å²) in [6.07, 6.45) is 0.211. The Labute approximate surface area is 68.6 Å². The monoisotopic (exact) mass is 156 g/mol. The molecule has 0 radical (unpaired) electrons. The first-order chi connectivity index (χ1) is 5.24. The molecule has 0 heterocycles. The number of ether oxygens (including phenoxy) is 1. The number of nitrogens with zero attached hydrogens (tertiary/aromatic N) is 2. The van der Waals surface area contributed by atoms with Gasteiger partial charge in [-0.2, -0.15) is 5.26 Å². The minimum atomic E-state index is 0.211. The molecule has 11 heavy (non-hydrogen) atoms. The first-order valence-corrected chi connectivity index (χ1v) is 3.86. The van der Waals surface area contributed by atoms with E-state index in [0.29, 0.717) is 6.54 Å². The van der Waals surface area contributed by atoms with Gasteiger partial charge < -0.3 is 4.74 Å². The van der Waals surface area contributed by atoms with Crippen molar-refractivity contribution in [3.05, 3.63) is 0 Å². The van der Waals surface area contributed by atoms with Crippen LogP contribution in [0.25, 0.3) is 0 Å². The van der Waals surface area contributed by atoms with E-state index in [1.54, 1.807) is 7.11 Å². The van der Waals surface area contributed by atoms with Crippen LogP contribution in [0.15, 0.2) is 0 Å². The molecule has 1 unspecified atom stereocenters. The molecule has 1 atom stereocenters. The quantitative estimate of drug-likeness (QED) is 0.554. The summed E-state index contributed by atoms with van der Waals surface area (Å²) < 4.78 is 5.08. The van der Waals surface area contributed by atoms with Crippen LogP contribution in [0.3, 0.4) is 0 Å². The summed E-state index contributed by atoms with van der Waals surface area (Å²) >= 11 is 0. The van der Waals surface area contributed by atoms with Crippen molar-refractivity contribution in [2.75, 3.05) is 26.7 Å². The first kappa shape index (κ1) is 10.4. The fraction of sp³-hybridized carbons (Fsp3) is 0.875. The van der Waals surface area contributed by atoms with Crippen molar-refractivity contribution in [2.45, 2.75) is 20.0 Å². The number of hydrogen-bond donors (Lipinski definition) is 0. The zero-order valence-electron chi connectivity index (χ0n) is 7.50. The molecule has 0 spiro atoms. The lowest BCUT2D eigenvalue weighted by molar-refractivity contribution is 0.0833. The van der Waals surface area contributed by atoms with E-state index in [1.165, 1.54) is 0 Å². The van der Waals surface area contributed by atoms with Gasteiger partial charge in [0.2, 0.25) is 0 Å². The smallest absolute Gasteiger partial charge is 0.0866 e. The molecule has 3 heteroatoms. The normalized spacial score (nSPS) is 13.0. The van der Waals surface area contributed by atoms with Gasteiger partial charge in [-0.05, 0) is 13.5 Å². The van der Waals surface area contributed by atoms with Crippen LogP contribution in [-0.4, -0.2) is 37.7 Å². The third kappa shape index (κ3) is 4.77. The van der Waals surface area contributed by atoms with E-state index in [0.717, 1.165) is 13.1 Å². The Morgan fingerprint density at radius 3 is 2.64 bits per heavy atom. The lowest BCUT2D eigenvalue weighted by Crippen LogP contribution is -2.32. The molecule has 0 aliphatic carbocycles. The highest BCUT2D eigenvalue weighted by molar-refractivity contribution is 4.76. The van der Waals surface area contributed by atoms with Crippen molar-refractivity contribution >= 4 is 0 Å². The zero-order valence-corrected chi connectivity index (χ0v) is 7.50.